The van der Waals surface area contributed by atoms with E-state index in [9.17, 15) is 4.79 Å². The number of halogens is 1. The molecule has 2 heterocycles. The highest BCUT2D eigenvalue weighted by Crippen LogP contribution is 2.16. The molecule has 0 amide bonds. The highest BCUT2D eigenvalue weighted by atomic mass is 79.9. The van der Waals surface area contributed by atoms with Crippen molar-refractivity contribution in [2.45, 2.75) is 38.8 Å². The first-order valence-corrected chi connectivity index (χ1v) is 7.24. The lowest BCUT2D eigenvalue weighted by atomic mass is 10.1. The maximum atomic E-state index is 11.8. The lowest BCUT2D eigenvalue weighted by Gasteiger charge is -2.12. The standard InChI is InChI=1S/C12H19BrN4O/c1-2-17-12(18)11(13)10(8-16-17)15-7-5-9-4-3-6-14-9/h8-9,14-15H,2-7H2,1H3/t9-/m0/s1. The van der Waals surface area contributed by atoms with Crippen LogP contribution in [0.25, 0.3) is 0 Å². The van der Waals surface area contributed by atoms with Gasteiger partial charge in [-0.3, -0.25) is 4.79 Å². The molecule has 0 aliphatic carbocycles. The predicted octanol–water partition coefficient (Wildman–Crippen LogP) is 1.58. The van der Waals surface area contributed by atoms with E-state index in [2.05, 4.69) is 31.7 Å². The molecule has 0 radical (unpaired) electrons. The van der Waals surface area contributed by atoms with Gasteiger partial charge >= 0.3 is 0 Å². The number of nitrogens with zero attached hydrogens (tertiary/aromatic N) is 2. The Morgan fingerprint density at radius 1 is 1.67 bits per heavy atom. The van der Waals surface area contributed by atoms with Gasteiger partial charge in [0.15, 0.2) is 0 Å². The summed E-state index contributed by atoms with van der Waals surface area (Å²) in [5.74, 6) is 0. The van der Waals surface area contributed by atoms with Gasteiger partial charge in [-0.1, -0.05) is 0 Å². The topological polar surface area (TPSA) is 59.0 Å². The number of hydrogen-bond donors (Lipinski definition) is 2. The molecule has 0 unspecified atom stereocenters. The molecule has 1 atom stereocenters. The van der Waals surface area contributed by atoms with Gasteiger partial charge < -0.3 is 10.6 Å². The highest BCUT2D eigenvalue weighted by Gasteiger charge is 2.13. The third-order valence-electron chi connectivity index (χ3n) is 3.26. The molecule has 1 saturated heterocycles. The fourth-order valence-electron chi connectivity index (χ4n) is 2.20. The van der Waals surface area contributed by atoms with Gasteiger partial charge in [0.25, 0.3) is 5.56 Å². The molecule has 1 aliphatic heterocycles. The molecule has 0 spiro atoms. The van der Waals surface area contributed by atoms with Gasteiger partial charge in [0, 0.05) is 19.1 Å². The zero-order valence-electron chi connectivity index (χ0n) is 10.6. The average Bonchev–Trinajstić information content (AvgIpc) is 2.88. The van der Waals surface area contributed by atoms with Crippen molar-refractivity contribution in [3.8, 4) is 0 Å². The van der Waals surface area contributed by atoms with Gasteiger partial charge in [0.05, 0.1) is 11.9 Å². The fraction of sp³-hybridized carbons (Fsp3) is 0.667. The molecular formula is C12H19BrN4O. The minimum absolute atomic E-state index is 0.0820. The van der Waals surface area contributed by atoms with Crippen molar-refractivity contribution in [2.75, 3.05) is 18.4 Å². The Hall–Kier alpha value is -0.880. The van der Waals surface area contributed by atoms with E-state index in [0.717, 1.165) is 25.2 Å². The van der Waals surface area contributed by atoms with E-state index in [1.165, 1.54) is 17.5 Å². The lowest BCUT2D eigenvalue weighted by molar-refractivity contribution is 0.573. The largest absolute Gasteiger partial charge is 0.383 e. The SMILES string of the molecule is CCn1ncc(NCC[C@@H]2CCCN2)c(Br)c1=O. The molecule has 0 saturated carbocycles. The van der Waals surface area contributed by atoms with Crippen LogP contribution in [0.4, 0.5) is 5.69 Å². The van der Waals surface area contributed by atoms with Crippen molar-refractivity contribution in [1.82, 2.24) is 15.1 Å². The zero-order valence-corrected chi connectivity index (χ0v) is 12.2. The first-order valence-electron chi connectivity index (χ1n) is 6.45. The van der Waals surface area contributed by atoms with Crippen LogP contribution in [0.1, 0.15) is 26.2 Å². The van der Waals surface area contributed by atoms with Crippen molar-refractivity contribution < 1.29 is 0 Å². The number of nitrogens with one attached hydrogen (secondary N) is 2. The summed E-state index contributed by atoms with van der Waals surface area (Å²) in [6.45, 7) is 4.47. The van der Waals surface area contributed by atoms with Crippen LogP contribution >= 0.6 is 15.9 Å². The molecule has 5 nitrogen and oxygen atoms in total. The van der Waals surface area contributed by atoms with Gasteiger partial charge in [0.1, 0.15) is 4.47 Å². The summed E-state index contributed by atoms with van der Waals surface area (Å²) in [6, 6.07) is 0.611. The Labute approximate surface area is 115 Å². The van der Waals surface area contributed by atoms with Crippen LogP contribution in [0.15, 0.2) is 15.5 Å². The van der Waals surface area contributed by atoms with Crippen LogP contribution in [-0.4, -0.2) is 28.9 Å². The van der Waals surface area contributed by atoms with Crippen molar-refractivity contribution in [3.05, 3.63) is 21.0 Å². The normalized spacial score (nSPS) is 19.1. The maximum Gasteiger partial charge on any atom is 0.283 e. The van der Waals surface area contributed by atoms with Crippen LogP contribution in [0.2, 0.25) is 0 Å². The van der Waals surface area contributed by atoms with Crippen LogP contribution in [0.3, 0.4) is 0 Å². The highest BCUT2D eigenvalue weighted by molar-refractivity contribution is 9.10. The summed E-state index contributed by atoms with van der Waals surface area (Å²) < 4.78 is 2.01. The fourth-order valence-corrected chi connectivity index (χ4v) is 2.64. The first-order chi connectivity index (χ1) is 8.72. The third kappa shape index (κ3) is 3.11. The van der Waals surface area contributed by atoms with Crippen molar-refractivity contribution >= 4 is 21.6 Å². The van der Waals surface area contributed by atoms with E-state index < -0.39 is 0 Å². The summed E-state index contributed by atoms with van der Waals surface area (Å²) in [5.41, 5.74) is 0.698. The van der Waals surface area contributed by atoms with E-state index in [4.69, 9.17) is 0 Å². The molecule has 100 valence electrons. The molecule has 1 aromatic heterocycles. The third-order valence-corrected chi connectivity index (χ3v) is 4.02. The molecule has 1 fully saturated rings. The summed E-state index contributed by atoms with van der Waals surface area (Å²) >= 11 is 3.33. The number of aromatic nitrogens is 2. The van der Waals surface area contributed by atoms with Crippen molar-refractivity contribution in [2.24, 2.45) is 0 Å². The summed E-state index contributed by atoms with van der Waals surface area (Å²) in [4.78, 5) is 11.8. The van der Waals surface area contributed by atoms with E-state index in [0.29, 0.717) is 17.1 Å². The van der Waals surface area contributed by atoms with E-state index in [1.54, 1.807) is 6.20 Å². The molecule has 1 aliphatic rings. The van der Waals surface area contributed by atoms with Gasteiger partial charge in [-0.2, -0.15) is 5.10 Å². The second kappa shape index (κ2) is 6.33. The number of hydrogen-bond acceptors (Lipinski definition) is 4. The Morgan fingerprint density at radius 2 is 2.50 bits per heavy atom. The molecule has 0 bridgehead atoms. The number of anilines is 1. The molecule has 0 aromatic carbocycles. The lowest BCUT2D eigenvalue weighted by Crippen LogP contribution is -2.26. The van der Waals surface area contributed by atoms with Gasteiger partial charge in [-0.15, -0.1) is 0 Å². The van der Waals surface area contributed by atoms with Crippen molar-refractivity contribution in [1.29, 1.82) is 0 Å². The quantitative estimate of drug-likeness (QED) is 0.866. The molecular weight excluding hydrogens is 296 g/mol. The van der Waals surface area contributed by atoms with E-state index in [-0.39, 0.29) is 5.56 Å². The molecule has 1 aromatic rings. The molecule has 2 rings (SSSR count). The van der Waals surface area contributed by atoms with Gasteiger partial charge in [-0.05, 0) is 48.7 Å². The second-order valence-electron chi connectivity index (χ2n) is 4.50. The molecule has 6 heteroatoms. The van der Waals surface area contributed by atoms with E-state index >= 15 is 0 Å². The summed E-state index contributed by atoms with van der Waals surface area (Å²) in [5, 5.41) is 10.8. The monoisotopic (exact) mass is 314 g/mol. The predicted molar refractivity (Wildman–Crippen MR) is 76.0 cm³/mol. The second-order valence-corrected chi connectivity index (χ2v) is 5.29. The smallest absolute Gasteiger partial charge is 0.283 e. The molecule has 18 heavy (non-hydrogen) atoms. The van der Waals surface area contributed by atoms with Crippen LogP contribution in [0, 0.1) is 0 Å². The Kier molecular flexibility index (Phi) is 4.77. The van der Waals surface area contributed by atoms with Gasteiger partial charge in [-0.25, -0.2) is 4.68 Å². The maximum absolute atomic E-state index is 11.8. The van der Waals surface area contributed by atoms with Crippen LogP contribution in [-0.2, 0) is 6.54 Å². The Bertz CT molecular complexity index is 454. The van der Waals surface area contributed by atoms with E-state index in [1.807, 2.05) is 6.92 Å². The summed E-state index contributed by atoms with van der Waals surface area (Å²) in [7, 11) is 0. The van der Waals surface area contributed by atoms with Crippen molar-refractivity contribution in [3.63, 3.8) is 0 Å². The van der Waals surface area contributed by atoms with Crippen LogP contribution < -0.4 is 16.2 Å². The average molecular weight is 315 g/mol. The minimum atomic E-state index is -0.0820. The summed E-state index contributed by atoms with van der Waals surface area (Å²) in [6.07, 6.45) is 5.29. The first kappa shape index (κ1) is 13.5. The number of aryl methyl sites for hydroxylation is 1. The molecule has 2 N–H and O–H groups in total. The minimum Gasteiger partial charge on any atom is -0.383 e. The zero-order chi connectivity index (χ0) is 13.0. The van der Waals surface area contributed by atoms with Crippen LogP contribution in [0.5, 0.6) is 0 Å². The Morgan fingerprint density at radius 3 is 3.17 bits per heavy atom. The Balaban J connectivity index is 1.93. The number of rotatable bonds is 5. The van der Waals surface area contributed by atoms with Gasteiger partial charge in [0.2, 0.25) is 0 Å².